The number of aromatic nitrogens is 2. The van der Waals surface area contributed by atoms with Crippen molar-refractivity contribution in [3.8, 4) is 41.8 Å². The van der Waals surface area contributed by atoms with E-state index in [1.165, 1.54) is 85.4 Å². The lowest BCUT2D eigenvalue weighted by Gasteiger charge is -2.04. The number of hydrogen-bond acceptors (Lipinski definition) is 3. The predicted octanol–water partition coefficient (Wildman–Crippen LogP) is 12.8. The summed E-state index contributed by atoms with van der Waals surface area (Å²) in [5.41, 5.74) is 10.3. The second-order valence-corrected chi connectivity index (χ2v) is 14.5. The van der Waals surface area contributed by atoms with Gasteiger partial charge in [0, 0.05) is 76.2 Å². The summed E-state index contributed by atoms with van der Waals surface area (Å²) in [5.74, 6) is 0. The molecule has 4 aromatic carbocycles. The first-order chi connectivity index (χ1) is 22.2. The number of fused-ring (bicyclic) bond motifs is 6. The molecule has 9 rings (SSSR count). The van der Waals surface area contributed by atoms with Crippen LogP contribution in [0.15, 0.2) is 120 Å². The van der Waals surface area contributed by atoms with Gasteiger partial charge in [0.25, 0.3) is 0 Å². The molecule has 0 aliphatic rings. The highest BCUT2D eigenvalue weighted by molar-refractivity contribution is 7.18. The fraction of sp³-hybridized carbons (Fsp3) is 0.100. The average molecular weight is 635 g/mol. The van der Waals surface area contributed by atoms with E-state index in [1.54, 1.807) is 22.7 Å². The van der Waals surface area contributed by atoms with Gasteiger partial charge in [0.15, 0.2) is 0 Å². The first-order valence-electron chi connectivity index (χ1n) is 15.5. The van der Waals surface area contributed by atoms with E-state index in [1.807, 2.05) is 11.3 Å². The first-order valence-corrected chi connectivity index (χ1v) is 18.1. The summed E-state index contributed by atoms with van der Waals surface area (Å²) in [4.78, 5) is 5.23. The lowest BCUT2D eigenvalue weighted by atomic mass is 10.1. The van der Waals surface area contributed by atoms with Crippen molar-refractivity contribution in [1.82, 2.24) is 9.13 Å². The SMILES string of the molecule is CCn1c2ccc(-c3cccs3)cc2c2cc(-c3ccc(-c4ccc5c(c4)c4cc(-c6cccs6)ccc4n5CC)s3)ccc21. The third-order valence-electron chi connectivity index (χ3n) is 9.15. The van der Waals surface area contributed by atoms with E-state index in [0.717, 1.165) is 13.1 Å². The Balaban J connectivity index is 1.15. The van der Waals surface area contributed by atoms with E-state index >= 15 is 0 Å². The van der Waals surface area contributed by atoms with Gasteiger partial charge in [-0.25, -0.2) is 0 Å². The van der Waals surface area contributed by atoms with Crippen molar-refractivity contribution in [1.29, 1.82) is 0 Å². The van der Waals surface area contributed by atoms with Gasteiger partial charge in [0.1, 0.15) is 0 Å². The Morgan fingerprint density at radius 2 is 0.778 bits per heavy atom. The van der Waals surface area contributed by atoms with Crippen LogP contribution in [0, 0.1) is 0 Å². The van der Waals surface area contributed by atoms with Crippen LogP contribution in [0.5, 0.6) is 0 Å². The van der Waals surface area contributed by atoms with Crippen molar-refractivity contribution in [3.05, 3.63) is 120 Å². The Hall–Kier alpha value is -4.42. The maximum Gasteiger partial charge on any atom is 0.0491 e. The fourth-order valence-electron chi connectivity index (χ4n) is 7.04. The molecule has 5 heterocycles. The number of thiophene rings is 3. The minimum absolute atomic E-state index is 0.951. The van der Waals surface area contributed by atoms with E-state index in [2.05, 4.69) is 143 Å². The molecule has 45 heavy (non-hydrogen) atoms. The smallest absolute Gasteiger partial charge is 0.0491 e. The third kappa shape index (κ3) is 4.26. The Kier molecular flexibility index (Phi) is 6.34. The molecule has 218 valence electrons. The monoisotopic (exact) mass is 634 g/mol. The molecule has 0 fully saturated rings. The second kappa shape index (κ2) is 10.6. The van der Waals surface area contributed by atoms with Crippen LogP contribution in [0.3, 0.4) is 0 Å². The molecule has 0 radical (unpaired) electrons. The molecule has 0 bridgehead atoms. The summed E-state index contributed by atoms with van der Waals surface area (Å²) in [5, 5.41) is 9.63. The fourth-order valence-corrected chi connectivity index (χ4v) is 9.48. The molecule has 2 nitrogen and oxygen atoms in total. The molecule has 0 saturated carbocycles. The van der Waals surface area contributed by atoms with Crippen molar-refractivity contribution in [2.45, 2.75) is 26.9 Å². The topological polar surface area (TPSA) is 9.86 Å². The van der Waals surface area contributed by atoms with Crippen molar-refractivity contribution in [2.24, 2.45) is 0 Å². The standard InChI is InChI=1S/C40H30N2S3/c1-3-41-33-13-9-25(37-7-5-19-43-37)21-29(33)31-23-27(11-15-35(31)41)39-17-18-40(45-39)28-12-16-36-32(24-28)30-22-26(38-8-6-20-44-38)10-14-34(30)42(36)4-2/h5-24H,3-4H2,1-2H3. The molecule has 0 amide bonds. The van der Waals surface area contributed by atoms with Crippen molar-refractivity contribution >= 4 is 77.6 Å². The van der Waals surface area contributed by atoms with Gasteiger partial charge < -0.3 is 9.13 Å². The summed E-state index contributed by atoms with van der Waals surface area (Å²) in [6.45, 7) is 6.38. The summed E-state index contributed by atoms with van der Waals surface area (Å²) < 4.78 is 4.89. The minimum atomic E-state index is 0.951. The highest BCUT2D eigenvalue weighted by Gasteiger charge is 2.16. The van der Waals surface area contributed by atoms with Crippen LogP contribution in [0.2, 0.25) is 0 Å². The molecular formula is C40H30N2S3. The molecule has 0 unspecified atom stereocenters. The molecule has 0 spiro atoms. The van der Waals surface area contributed by atoms with E-state index < -0.39 is 0 Å². The first kappa shape index (κ1) is 26.9. The number of hydrogen-bond donors (Lipinski definition) is 0. The van der Waals surface area contributed by atoms with Gasteiger partial charge in [-0.05, 0) is 120 Å². The number of nitrogens with zero attached hydrogens (tertiary/aromatic N) is 2. The van der Waals surface area contributed by atoms with E-state index in [4.69, 9.17) is 0 Å². The van der Waals surface area contributed by atoms with E-state index in [-0.39, 0.29) is 0 Å². The predicted molar refractivity (Wildman–Crippen MR) is 199 cm³/mol. The van der Waals surface area contributed by atoms with Gasteiger partial charge in [0.2, 0.25) is 0 Å². The second-order valence-electron chi connectivity index (χ2n) is 11.5. The number of rotatable bonds is 6. The molecule has 0 atom stereocenters. The van der Waals surface area contributed by atoms with Crippen LogP contribution in [0.1, 0.15) is 13.8 Å². The Morgan fingerprint density at radius 3 is 1.09 bits per heavy atom. The molecule has 0 N–H and O–H groups in total. The number of aryl methyl sites for hydroxylation is 2. The summed E-state index contributed by atoms with van der Waals surface area (Å²) >= 11 is 5.49. The molecule has 0 aliphatic heterocycles. The van der Waals surface area contributed by atoms with Crippen molar-refractivity contribution in [3.63, 3.8) is 0 Å². The molecule has 0 saturated heterocycles. The Labute approximate surface area is 274 Å². The van der Waals surface area contributed by atoms with Gasteiger partial charge in [-0.2, -0.15) is 0 Å². The summed E-state index contributed by atoms with van der Waals surface area (Å²) in [7, 11) is 0. The molecule has 5 heteroatoms. The van der Waals surface area contributed by atoms with Crippen LogP contribution in [0.25, 0.3) is 85.4 Å². The molecule has 9 aromatic rings. The quantitative estimate of drug-likeness (QED) is 0.172. The van der Waals surface area contributed by atoms with Gasteiger partial charge >= 0.3 is 0 Å². The average Bonchev–Trinajstić information content (AvgIpc) is 3.93. The third-order valence-corrected chi connectivity index (χ3v) is 12.2. The normalized spacial score (nSPS) is 12.0. The lowest BCUT2D eigenvalue weighted by Crippen LogP contribution is -1.92. The van der Waals surface area contributed by atoms with Crippen LogP contribution >= 0.6 is 34.0 Å². The highest BCUT2D eigenvalue weighted by atomic mass is 32.1. The van der Waals surface area contributed by atoms with Crippen LogP contribution in [-0.2, 0) is 13.1 Å². The van der Waals surface area contributed by atoms with Gasteiger partial charge in [-0.3, -0.25) is 0 Å². The van der Waals surface area contributed by atoms with Gasteiger partial charge in [0.05, 0.1) is 0 Å². The lowest BCUT2D eigenvalue weighted by molar-refractivity contribution is 0.827. The maximum absolute atomic E-state index is 2.44. The van der Waals surface area contributed by atoms with Crippen LogP contribution < -0.4 is 0 Å². The van der Waals surface area contributed by atoms with Gasteiger partial charge in [-0.15, -0.1) is 34.0 Å². The van der Waals surface area contributed by atoms with Crippen molar-refractivity contribution < 1.29 is 0 Å². The van der Waals surface area contributed by atoms with E-state index in [0.29, 0.717) is 0 Å². The van der Waals surface area contributed by atoms with Crippen LogP contribution in [0.4, 0.5) is 0 Å². The van der Waals surface area contributed by atoms with Crippen LogP contribution in [-0.4, -0.2) is 9.13 Å². The highest BCUT2D eigenvalue weighted by Crippen LogP contribution is 2.41. The zero-order valence-electron chi connectivity index (χ0n) is 25.1. The Morgan fingerprint density at radius 1 is 0.422 bits per heavy atom. The van der Waals surface area contributed by atoms with Crippen molar-refractivity contribution in [2.75, 3.05) is 0 Å². The molecule has 0 aliphatic carbocycles. The maximum atomic E-state index is 2.44. The molecule has 5 aromatic heterocycles. The largest absolute Gasteiger partial charge is 0.341 e. The summed E-state index contributed by atoms with van der Waals surface area (Å²) in [6, 6.07) is 41.2. The summed E-state index contributed by atoms with van der Waals surface area (Å²) in [6.07, 6.45) is 0. The zero-order chi connectivity index (χ0) is 30.1. The number of benzene rings is 4. The Bertz CT molecular complexity index is 2330. The van der Waals surface area contributed by atoms with Gasteiger partial charge in [-0.1, -0.05) is 36.4 Å². The minimum Gasteiger partial charge on any atom is -0.341 e. The molecular weight excluding hydrogens is 605 g/mol. The zero-order valence-corrected chi connectivity index (χ0v) is 27.5. The van der Waals surface area contributed by atoms with E-state index in [9.17, 15) is 0 Å².